The van der Waals surface area contributed by atoms with Crippen molar-refractivity contribution < 1.29 is 0 Å². The molecule has 0 saturated heterocycles. The average molecular weight is 748 g/mol. The minimum atomic E-state index is 0.133. The van der Waals surface area contributed by atoms with Crippen LogP contribution in [0, 0.1) is 23.7 Å². The molecule has 6 aromatic rings. The van der Waals surface area contributed by atoms with Crippen LogP contribution in [0.15, 0.2) is 149 Å². The van der Waals surface area contributed by atoms with Gasteiger partial charge in [0.05, 0.1) is 0 Å². The molecule has 6 aromatic carbocycles. The van der Waals surface area contributed by atoms with Gasteiger partial charge in [-0.15, -0.1) is 0 Å². The van der Waals surface area contributed by atoms with E-state index < -0.39 is 0 Å². The fourth-order valence-electron chi connectivity index (χ4n) is 12.5. The number of rotatable bonds is 5. The third-order valence-corrected chi connectivity index (χ3v) is 16.3. The van der Waals surface area contributed by atoms with Crippen LogP contribution in [0.25, 0.3) is 22.3 Å². The quantitative estimate of drug-likeness (QED) is 0.173. The van der Waals surface area contributed by atoms with Crippen LogP contribution < -0.4 is 4.90 Å². The minimum Gasteiger partial charge on any atom is -0.310 e. The Kier molecular flexibility index (Phi) is 7.89. The van der Waals surface area contributed by atoms with Crippen molar-refractivity contribution in [2.45, 2.75) is 98.7 Å². The van der Waals surface area contributed by atoms with E-state index in [-0.39, 0.29) is 16.2 Å². The van der Waals surface area contributed by atoms with Crippen molar-refractivity contribution in [1.82, 2.24) is 0 Å². The van der Waals surface area contributed by atoms with Gasteiger partial charge < -0.3 is 4.90 Å². The fraction of sp³-hybridized carbons (Fsp3) is 0.333. The van der Waals surface area contributed by atoms with Gasteiger partial charge in [0.2, 0.25) is 0 Å². The van der Waals surface area contributed by atoms with E-state index in [0.717, 1.165) is 23.7 Å². The normalized spacial score (nSPS) is 26.0. The molecule has 0 unspecified atom stereocenters. The molecular weight excluding hydrogens is 695 g/mol. The third kappa shape index (κ3) is 5.34. The summed E-state index contributed by atoms with van der Waals surface area (Å²) in [5, 5.41) is 0. The van der Waals surface area contributed by atoms with Crippen molar-refractivity contribution in [3.05, 3.63) is 162 Å². The van der Waals surface area contributed by atoms with Crippen molar-refractivity contribution in [3.8, 4) is 22.3 Å². The number of fused-ring (bicyclic) bond motifs is 3. The van der Waals surface area contributed by atoms with E-state index in [1.165, 1.54) is 105 Å². The highest BCUT2D eigenvalue weighted by molar-refractivity contribution is 7.99. The molecule has 56 heavy (non-hydrogen) atoms. The Hall–Kier alpha value is -4.53. The van der Waals surface area contributed by atoms with Gasteiger partial charge in [0.15, 0.2) is 0 Å². The van der Waals surface area contributed by atoms with Gasteiger partial charge in [-0.1, -0.05) is 130 Å². The molecule has 4 fully saturated rings. The summed E-state index contributed by atoms with van der Waals surface area (Å²) in [6, 6.07) is 53.5. The maximum absolute atomic E-state index is 2.56. The van der Waals surface area contributed by atoms with Gasteiger partial charge in [0.25, 0.3) is 0 Å². The molecule has 0 amide bonds. The zero-order chi connectivity index (χ0) is 37.8. The second-order valence-electron chi connectivity index (χ2n) is 19.3. The van der Waals surface area contributed by atoms with Crippen molar-refractivity contribution in [2.24, 2.45) is 23.7 Å². The highest BCUT2D eigenvalue weighted by Gasteiger charge is 2.60. The first kappa shape index (κ1) is 34.7. The van der Waals surface area contributed by atoms with E-state index >= 15 is 0 Å². The first-order valence-electron chi connectivity index (χ1n) is 21.3. The molecular formula is C54H53NS. The molecule has 1 heterocycles. The molecule has 1 spiro atoms. The Morgan fingerprint density at radius 2 is 0.929 bits per heavy atom. The Balaban J connectivity index is 0.981. The molecule has 1 nitrogen and oxygen atoms in total. The molecule has 5 aliphatic carbocycles. The van der Waals surface area contributed by atoms with Crippen molar-refractivity contribution >= 4 is 28.8 Å². The van der Waals surface area contributed by atoms with Gasteiger partial charge in [-0.2, -0.15) is 0 Å². The Morgan fingerprint density at radius 3 is 1.59 bits per heavy atom. The molecule has 4 saturated carbocycles. The molecule has 280 valence electrons. The fourth-order valence-corrected chi connectivity index (χ4v) is 13.8. The zero-order valence-corrected chi connectivity index (χ0v) is 34.2. The summed E-state index contributed by atoms with van der Waals surface area (Å²) in [5.74, 6) is 3.45. The van der Waals surface area contributed by atoms with Crippen LogP contribution in [0.5, 0.6) is 0 Å². The summed E-state index contributed by atoms with van der Waals surface area (Å²) in [6.45, 7) is 9.69. The summed E-state index contributed by atoms with van der Waals surface area (Å²) in [7, 11) is 0. The molecule has 12 rings (SSSR count). The third-order valence-electron chi connectivity index (χ3n) is 15.2. The lowest BCUT2D eigenvalue weighted by molar-refractivity contribution is -0.0443. The van der Waals surface area contributed by atoms with Crippen LogP contribution in [0.4, 0.5) is 17.1 Å². The summed E-state index contributed by atoms with van der Waals surface area (Å²) in [6.07, 6.45) is 9.57. The van der Waals surface area contributed by atoms with Crippen LogP contribution in [-0.2, 0) is 16.2 Å². The summed E-state index contributed by atoms with van der Waals surface area (Å²) >= 11 is 2.01. The highest BCUT2D eigenvalue weighted by Crippen LogP contribution is 2.69. The molecule has 6 aliphatic rings. The molecule has 4 bridgehead atoms. The monoisotopic (exact) mass is 747 g/mol. The number of benzene rings is 6. The predicted octanol–water partition coefficient (Wildman–Crippen LogP) is 15.0. The SMILES string of the molecule is CC1(C)CCC(C)(C)c2cc(N(c3ccc(-c4ccccc4)cc3)c3ccc(-c4ccc5c(c4)Sc4ccccc4C54C5CC6CC(C5)CC4C6)cc3)ccc21. The number of hydrogen-bond donors (Lipinski definition) is 0. The highest BCUT2D eigenvalue weighted by atomic mass is 32.2. The number of nitrogens with zero attached hydrogens (tertiary/aromatic N) is 1. The Bertz CT molecular complexity index is 2430. The molecule has 1 aliphatic heterocycles. The zero-order valence-electron chi connectivity index (χ0n) is 33.4. The minimum absolute atomic E-state index is 0.133. The lowest BCUT2D eigenvalue weighted by atomic mass is 9.42. The Labute approximate surface area is 338 Å². The van der Waals surface area contributed by atoms with Crippen molar-refractivity contribution in [2.75, 3.05) is 4.90 Å². The summed E-state index contributed by atoms with van der Waals surface area (Å²) in [5.41, 5.74) is 15.4. The number of anilines is 3. The average Bonchev–Trinajstić information content (AvgIpc) is 3.22. The molecule has 0 N–H and O–H groups in total. The molecule has 0 atom stereocenters. The van der Waals surface area contributed by atoms with Gasteiger partial charge in [0.1, 0.15) is 0 Å². The van der Waals surface area contributed by atoms with E-state index in [4.69, 9.17) is 0 Å². The van der Waals surface area contributed by atoms with Gasteiger partial charge in [-0.3, -0.25) is 0 Å². The molecule has 0 radical (unpaired) electrons. The second-order valence-corrected chi connectivity index (χ2v) is 20.4. The van der Waals surface area contributed by atoms with Crippen LogP contribution in [0.2, 0.25) is 0 Å². The Morgan fingerprint density at radius 1 is 0.429 bits per heavy atom. The number of hydrogen-bond acceptors (Lipinski definition) is 2. The van der Waals surface area contributed by atoms with Gasteiger partial charge in [-0.25, -0.2) is 0 Å². The van der Waals surface area contributed by atoms with E-state index in [1.807, 2.05) is 11.8 Å². The smallest absolute Gasteiger partial charge is 0.0464 e. The first-order valence-corrected chi connectivity index (χ1v) is 22.1. The lowest BCUT2D eigenvalue weighted by Gasteiger charge is -2.63. The van der Waals surface area contributed by atoms with Gasteiger partial charge in [-0.05, 0) is 172 Å². The summed E-state index contributed by atoms with van der Waals surface area (Å²) < 4.78 is 0. The van der Waals surface area contributed by atoms with Gasteiger partial charge in [0, 0.05) is 32.3 Å². The van der Waals surface area contributed by atoms with Crippen LogP contribution in [0.1, 0.15) is 94.9 Å². The van der Waals surface area contributed by atoms with E-state index in [2.05, 4.69) is 172 Å². The predicted molar refractivity (Wildman–Crippen MR) is 236 cm³/mol. The van der Waals surface area contributed by atoms with Crippen LogP contribution in [-0.4, -0.2) is 0 Å². The maximum Gasteiger partial charge on any atom is 0.0464 e. The van der Waals surface area contributed by atoms with E-state index in [0.29, 0.717) is 0 Å². The second kappa shape index (κ2) is 12.7. The standard InChI is InChI=1S/C54H53NS/c1-52(2)26-27-53(3,4)49-34-45(23-25-46(49)52)55(43-19-14-38(15-20-43)37-10-6-5-7-11-37)44-21-16-39(17-22-44)40-18-24-48-51(33-40)56-50-13-9-8-12-47(50)54(48)41-29-35-28-36(31-41)32-42(54)30-35/h5-25,33-36,41-42H,26-32H2,1-4H3. The maximum atomic E-state index is 2.56. The van der Waals surface area contributed by atoms with Gasteiger partial charge >= 0.3 is 0 Å². The molecule has 2 heteroatoms. The largest absolute Gasteiger partial charge is 0.310 e. The van der Waals surface area contributed by atoms with Crippen molar-refractivity contribution in [3.63, 3.8) is 0 Å². The van der Waals surface area contributed by atoms with E-state index in [9.17, 15) is 0 Å². The lowest BCUT2D eigenvalue weighted by Crippen LogP contribution is -2.57. The van der Waals surface area contributed by atoms with E-state index in [1.54, 1.807) is 11.1 Å². The molecule has 0 aromatic heterocycles. The van der Waals surface area contributed by atoms with Crippen LogP contribution in [0.3, 0.4) is 0 Å². The van der Waals surface area contributed by atoms with Crippen LogP contribution >= 0.6 is 11.8 Å². The first-order chi connectivity index (χ1) is 27.2. The summed E-state index contributed by atoms with van der Waals surface area (Å²) in [4.78, 5) is 5.44. The topological polar surface area (TPSA) is 3.24 Å². The van der Waals surface area contributed by atoms with Crippen molar-refractivity contribution in [1.29, 1.82) is 0 Å².